The second-order valence-electron chi connectivity index (χ2n) is 7.57. The van der Waals surface area contributed by atoms with Crippen molar-refractivity contribution in [2.75, 3.05) is 19.6 Å². The van der Waals surface area contributed by atoms with E-state index in [0.29, 0.717) is 13.1 Å². The van der Waals surface area contributed by atoms with Crippen molar-refractivity contribution in [1.29, 1.82) is 0 Å². The highest BCUT2D eigenvalue weighted by molar-refractivity contribution is 5.94. The molecule has 0 aliphatic carbocycles. The zero-order chi connectivity index (χ0) is 17.0. The number of carbonyl (C=O) groups is 2. The Kier molecular flexibility index (Phi) is 5.45. The molecule has 1 saturated heterocycles. The van der Waals surface area contributed by atoms with Crippen molar-refractivity contribution in [3.8, 4) is 0 Å². The number of nitrogens with zero attached hydrogens (tertiary/aromatic N) is 2. The van der Waals surface area contributed by atoms with Crippen molar-refractivity contribution >= 4 is 11.8 Å². The number of rotatable bonds is 5. The van der Waals surface area contributed by atoms with E-state index in [1.165, 1.54) is 5.56 Å². The number of piperazine rings is 1. The molecule has 23 heavy (non-hydrogen) atoms. The Bertz CT molecular complexity index is 548. The van der Waals surface area contributed by atoms with E-state index in [0.717, 1.165) is 12.8 Å². The van der Waals surface area contributed by atoms with Gasteiger partial charge in [0.25, 0.3) is 0 Å². The summed E-state index contributed by atoms with van der Waals surface area (Å²) in [5.74, 6) is 0.129. The SMILES string of the molecule is C[C@@H]1C(=O)N(CCc2ccccc2)CC(=O)N1CCC(C)(C)C. The highest BCUT2D eigenvalue weighted by Gasteiger charge is 2.36. The molecule has 0 radical (unpaired) electrons. The summed E-state index contributed by atoms with van der Waals surface area (Å²) in [5, 5.41) is 0. The monoisotopic (exact) mass is 316 g/mol. The van der Waals surface area contributed by atoms with E-state index in [-0.39, 0.29) is 29.8 Å². The van der Waals surface area contributed by atoms with Gasteiger partial charge in [0.05, 0.1) is 6.54 Å². The zero-order valence-electron chi connectivity index (χ0n) is 14.7. The summed E-state index contributed by atoms with van der Waals surface area (Å²) in [4.78, 5) is 28.4. The summed E-state index contributed by atoms with van der Waals surface area (Å²) in [6.45, 7) is 9.77. The molecule has 1 heterocycles. The van der Waals surface area contributed by atoms with Gasteiger partial charge in [-0.25, -0.2) is 0 Å². The van der Waals surface area contributed by atoms with Crippen molar-refractivity contribution in [3.05, 3.63) is 35.9 Å². The van der Waals surface area contributed by atoms with Crippen LogP contribution in [0.15, 0.2) is 30.3 Å². The average Bonchev–Trinajstić information content (AvgIpc) is 2.49. The molecule has 1 aliphatic rings. The normalized spacial score (nSPS) is 19.4. The highest BCUT2D eigenvalue weighted by Crippen LogP contribution is 2.21. The highest BCUT2D eigenvalue weighted by atomic mass is 16.2. The molecule has 1 aromatic carbocycles. The molecule has 1 atom stereocenters. The van der Waals surface area contributed by atoms with Gasteiger partial charge in [-0.2, -0.15) is 0 Å². The third-order valence-electron chi connectivity index (χ3n) is 4.40. The largest absolute Gasteiger partial charge is 0.331 e. The Morgan fingerprint density at radius 2 is 1.74 bits per heavy atom. The van der Waals surface area contributed by atoms with Crippen molar-refractivity contribution < 1.29 is 9.59 Å². The number of hydrogen-bond donors (Lipinski definition) is 0. The number of hydrogen-bond acceptors (Lipinski definition) is 2. The Hall–Kier alpha value is -1.84. The number of amides is 2. The van der Waals surface area contributed by atoms with Gasteiger partial charge < -0.3 is 9.80 Å². The first-order valence-corrected chi connectivity index (χ1v) is 8.40. The summed E-state index contributed by atoms with van der Waals surface area (Å²) in [6.07, 6.45) is 1.69. The van der Waals surface area contributed by atoms with Crippen LogP contribution in [0.4, 0.5) is 0 Å². The van der Waals surface area contributed by atoms with Gasteiger partial charge in [-0.05, 0) is 30.7 Å². The van der Waals surface area contributed by atoms with E-state index in [1.54, 1.807) is 9.80 Å². The fourth-order valence-corrected chi connectivity index (χ4v) is 2.82. The Labute approximate surface area is 139 Å². The van der Waals surface area contributed by atoms with Gasteiger partial charge >= 0.3 is 0 Å². The molecular formula is C19H28N2O2. The topological polar surface area (TPSA) is 40.6 Å². The van der Waals surface area contributed by atoms with Crippen molar-refractivity contribution in [2.45, 2.75) is 46.6 Å². The molecular weight excluding hydrogens is 288 g/mol. The molecule has 1 aliphatic heterocycles. The molecule has 4 heteroatoms. The second kappa shape index (κ2) is 7.16. The van der Waals surface area contributed by atoms with Crippen LogP contribution in [0.25, 0.3) is 0 Å². The minimum Gasteiger partial charge on any atom is -0.331 e. The number of carbonyl (C=O) groups excluding carboxylic acids is 2. The molecule has 0 aromatic heterocycles. The summed E-state index contributed by atoms with van der Waals surface area (Å²) in [6, 6.07) is 9.72. The van der Waals surface area contributed by atoms with Crippen molar-refractivity contribution in [3.63, 3.8) is 0 Å². The summed E-state index contributed by atoms with van der Waals surface area (Å²) in [7, 11) is 0. The quantitative estimate of drug-likeness (QED) is 0.838. The van der Waals surface area contributed by atoms with Crippen LogP contribution < -0.4 is 0 Å². The predicted molar refractivity (Wildman–Crippen MR) is 92.0 cm³/mol. The third-order valence-corrected chi connectivity index (χ3v) is 4.40. The van der Waals surface area contributed by atoms with Crippen molar-refractivity contribution in [1.82, 2.24) is 9.80 Å². The molecule has 126 valence electrons. The maximum Gasteiger partial charge on any atom is 0.245 e. The van der Waals surface area contributed by atoms with Gasteiger partial charge in [0.15, 0.2) is 0 Å². The van der Waals surface area contributed by atoms with E-state index < -0.39 is 0 Å². The summed E-state index contributed by atoms with van der Waals surface area (Å²) in [5.41, 5.74) is 1.35. The first-order valence-electron chi connectivity index (χ1n) is 8.40. The van der Waals surface area contributed by atoms with Crippen LogP contribution in [0.5, 0.6) is 0 Å². The molecule has 1 aromatic rings. The molecule has 0 unspecified atom stereocenters. The van der Waals surface area contributed by atoms with Gasteiger partial charge in [-0.15, -0.1) is 0 Å². The predicted octanol–water partition coefficient (Wildman–Crippen LogP) is 2.72. The number of benzene rings is 1. The summed E-state index contributed by atoms with van der Waals surface area (Å²) < 4.78 is 0. The molecule has 4 nitrogen and oxygen atoms in total. The lowest BCUT2D eigenvalue weighted by Crippen LogP contribution is -2.59. The molecule has 0 N–H and O–H groups in total. The van der Waals surface area contributed by atoms with E-state index in [1.807, 2.05) is 25.1 Å². The third kappa shape index (κ3) is 4.81. The van der Waals surface area contributed by atoms with Gasteiger partial charge in [0, 0.05) is 13.1 Å². The van der Waals surface area contributed by atoms with Gasteiger partial charge in [0.1, 0.15) is 6.04 Å². The molecule has 2 amide bonds. The second-order valence-corrected chi connectivity index (χ2v) is 7.57. The lowest BCUT2D eigenvalue weighted by Gasteiger charge is -2.39. The Balaban J connectivity index is 1.94. The molecule has 0 bridgehead atoms. The molecule has 0 saturated carbocycles. The maximum absolute atomic E-state index is 12.6. The fraction of sp³-hybridized carbons (Fsp3) is 0.579. The smallest absolute Gasteiger partial charge is 0.245 e. The van der Waals surface area contributed by atoms with E-state index in [4.69, 9.17) is 0 Å². The van der Waals surface area contributed by atoms with Crippen LogP contribution in [-0.4, -0.2) is 47.3 Å². The minimum absolute atomic E-state index is 0.0643. The van der Waals surface area contributed by atoms with Gasteiger partial charge in [-0.3, -0.25) is 9.59 Å². The fourth-order valence-electron chi connectivity index (χ4n) is 2.82. The van der Waals surface area contributed by atoms with Crippen LogP contribution in [-0.2, 0) is 16.0 Å². The van der Waals surface area contributed by atoms with Gasteiger partial charge in [-0.1, -0.05) is 51.1 Å². The first kappa shape index (κ1) is 17.5. The van der Waals surface area contributed by atoms with Crippen LogP contribution in [0, 0.1) is 5.41 Å². The lowest BCUT2D eigenvalue weighted by molar-refractivity contribution is -0.155. The van der Waals surface area contributed by atoms with E-state index >= 15 is 0 Å². The van der Waals surface area contributed by atoms with Crippen LogP contribution in [0.3, 0.4) is 0 Å². The molecule has 0 spiro atoms. The van der Waals surface area contributed by atoms with Crippen LogP contribution >= 0.6 is 0 Å². The lowest BCUT2D eigenvalue weighted by atomic mass is 9.91. The minimum atomic E-state index is -0.352. The zero-order valence-corrected chi connectivity index (χ0v) is 14.7. The van der Waals surface area contributed by atoms with Crippen LogP contribution in [0.1, 0.15) is 39.7 Å². The van der Waals surface area contributed by atoms with E-state index in [9.17, 15) is 9.59 Å². The Morgan fingerprint density at radius 3 is 2.35 bits per heavy atom. The summed E-state index contributed by atoms with van der Waals surface area (Å²) >= 11 is 0. The average molecular weight is 316 g/mol. The van der Waals surface area contributed by atoms with Gasteiger partial charge in [0.2, 0.25) is 11.8 Å². The van der Waals surface area contributed by atoms with E-state index in [2.05, 4.69) is 32.9 Å². The van der Waals surface area contributed by atoms with Crippen LogP contribution in [0.2, 0.25) is 0 Å². The Morgan fingerprint density at radius 1 is 1.09 bits per heavy atom. The first-order chi connectivity index (χ1) is 10.8. The standard InChI is InChI=1S/C19H28N2O2/c1-15-18(23)20(12-10-16-8-6-5-7-9-16)14-17(22)21(15)13-11-19(2,3)4/h5-9,15H,10-14H2,1-4H3/t15-/m1/s1. The van der Waals surface area contributed by atoms with Crippen molar-refractivity contribution in [2.24, 2.45) is 5.41 Å². The molecule has 1 fully saturated rings. The maximum atomic E-state index is 12.6. The molecule has 2 rings (SSSR count).